The van der Waals surface area contributed by atoms with Crippen molar-refractivity contribution in [2.24, 2.45) is 0 Å². The Morgan fingerprint density at radius 3 is 2.78 bits per heavy atom. The lowest BCUT2D eigenvalue weighted by Crippen LogP contribution is -2.44. The van der Waals surface area contributed by atoms with E-state index in [2.05, 4.69) is 9.88 Å². The van der Waals surface area contributed by atoms with Gasteiger partial charge in [0.05, 0.1) is 11.8 Å². The first-order valence-electron chi connectivity index (χ1n) is 8.14. The Morgan fingerprint density at radius 2 is 2.09 bits per heavy atom. The molecule has 6 nitrogen and oxygen atoms in total. The molecule has 3 atom stereocenters. The molecule has 1 unspecified atom stereocenters. The molecule has 2 fully saturated rings. The molecular weight excluding hydrogens is 294 g/mol. The summed E-state index contributed by atoms with van der Waals surface area (Å²) in [6.07, 6.45) is 6.44. The van der Waals surface area contributed by atoms with Gasteiger partial charge in [-0.2, -0.15) is 0 Å². The largest absolute Gasteiger partial charge is 0.504 e. The van der Waals surface area contributed by atoms with Crippen molar-refractivity contribution in [2.75, 3.05) is 7.11 Å². The van der Waals surface area contributed by atoms with Crippen LogP contribution in [0.2, 0.25) is 0 Å². The van der Waals surface area contributed by atoms with Gasteiger partial charge in [0, 0.05) is 38.0 Å². The van der Waals surface area contributed by atoms with E-state index < -0.39 is 0 Å². The highest BCUT2D eigenvalue weighted by molar-refractivity contribution is 5.52. The summed E-state index contributed by atoms with van der Waals surface area (Å²) in [6.45, 7) is 0.659. The number of aromatic nitrogens is 2. The number of fused-ring (bicyclic) bond motifs is 3. The van der Waals surface area contributed by atoms with E-state index in [4.69, 9.17) is 4.74 Å². The molecule has 23 heavy (non-hydrogen) atoms. The minimum atomic E-state index is -0.153. The quantitative estimate of drug-likeness (QED) is 0.930. The summed E-state index contributed by atoms with van der Waals surface area (Å²) in [4.78, 5) is 19.2. The Kier molecular flexibility index (Phi) is 3.58. The van der Waals surface area contributed by atoms with E-state index in [1.165, 1.54) is 17.2 Å². The summed E-state index contributed by atoms with van der Waals surface area (Å²) in [5.41, 5.74) is 0.901. The standard InChI is InChI=1S/C17H21N3O3/c1-23-14-8-12-4-5-13(9-14)20(12)10-11-7-16(22)19-6-2-3-15(21)17(19)18-11/h2-3,6-7,12-14,21H,4-5,8-10H2,1H3/t12-,13+,14?. The van der Waals surface area contributed by atoms with E-state index >= 15 is 0 Å². The van der Waals surface area contributed by atoms with Crippen LogP contribution in [0.4, 0.5) is 0 Å². The molecule has 2 aromatic rings. The fourth-order valence-electron chi connectivity index (χ4n) is 4.10. The van der Waals surface area contributed by atoms with Crippen molar-refractivity contribution in [1.82, 2.24) is 14.3 Å². The third kappa shape index (κ3) is 2.52. The molecule has 0 amide bonds. The molecule has 4 rings (SSSR count). The van der Waals surface area contributed by atoms with Gasteiger partial charge in [0.25, 0.3) is 5.56 Å². The molecule has 2 saturated heterocycles. The van der Waals surface area contributed by atoms with Gasteiger partial charge in [-0.05, 0) is 37.8 Å². The van der Waals surface area contributed by atoms with Crippen molar-refractivity contribution < 1.29 is 9.84 Å². The van der Waals surface area contributed by atoms with Gasteiger partial charge in [-0.3, -0.25) is 14.1 Å². The highest BCUT2D eigenvalue weighted by Gasteiger charge is 2.40. The fourth-order valence-corrected chi connectivity index (χ4v) is 4.10. The number of ether oxygens (including phenoxy) is 1. The average molecular weight is 315 g/mol. The topological polar surface area (TPSA) is 67.1 Å². The first kappa shape index (κ1) is 14.7. The monoisotopic (exact) mass is 315 g/mol. The van der Waals surface area contributed by atoms with Crippen LogP contribution in [0.1, 0.15) is 31.4 Å². The van der Waals surface area contributed by atoms with Crippen molar-refractivity contribution in [2.45, 2.75) is 50.4 Å². The van der Waals surface area contributed by atoms with Crippen molar-refractivity contribution in [3.63, 3.8) is 0 Å². The zero-order chi connectivity index (χ0) is 16.0. The Balaban J connectivity index is 1.64. The first-order valence-corrected chi connectivity index (χ1v) is 8.14. The smallest absolute Gasteiger partial charge is 0.258 e. The van der Waals surface area contributed by atoms with E-state index in [1.807, 2.05) is 0 Å². The number of nitrogens with zero attached hydrogens (tertiary/aromatic N) is 3. The predicted octanol–water partition coefficient (Wildman–Crippen LogP) is 1.54. The van der Waals surface area contributed by atoms with Gasteiger partial charge in [0.1, 0.15) is 0 Å². The van der Waals surface area contributed by atoms with Crippen molar-refractivity contribution in [3.05, 3.63) is 40.4 Å². The molecule has 6 heteroatoms. The fraction of sp³-hybridized carbons (Fsp3) is 0.529. The minimum Gasteiger partial charge on any atom is -0.504 e. The van der Waals surface area contributed by atoms with Crippen LogP contribution in [0, 0.1) is 0 Å². The van der Waals surface area contributed by atoms with Gasteiger partial charge in [0.2, 0.25) is 0 Å². The van der Waals surface area contributed by atoms with Gasteiger partial charge < -0.3 is 9.84 Å². The molecule has 0 aromatic carbocycles. The van der Waals surface area contributed by atoms with Crippen LogP contribution in [0.15, 0.2) is 29.2 Å². The SMILES string of the molecule is COC1C[C@H]2CC[C@@H](C1)N2Cc1cc(=O)n2cccc(O)c2n1. The molecule has 0 saturated carbocycles. The van der Waals surface area contributed by atoms with E-state index in [1.54, 1.807) is 31.5 Å². The summed E-state index contributed by atoms with van der Waals surface area (Å²) >= 11 is 0. The van der Waals surface area contributed by atoms with Gasteiger partial charge >= 0.3 is 0 Å². The van der Waals surface area contributed by atoms with Crippen molar-refractivity contribution in [3.8, 4) is 5.75 Å². The summed E-state index contributed by atoms with van der Waals surface area (Å²) in [5.74, 6) is 0.0347. The number of rotatable bonds is 3. The van der Waals surface area contributed by atoms with E-state index in [0.717, 1.165) is 18.5 Å². The molecule has 0 aliphatic carbocycles. The summed E-state index contributed by atoms with van der Waals surface area (Å²) in [7, 11) is 1.79. The summed E-state index contributed by atoms with van der Waals surface area (Å²) in [5, 5.41) is 9.96. The first-order chi connectivity index (χ1) is 11.2. The number of hydrogen-bond donors (Lipinski definition) is 1. The third-order valence-corrected chi connectivity index (χ3v) is 5.24. The lowest BCUT2D eigenvalue weighted by molar-refractivity contribution is 0.00206. The maximum atomic E-state index is 12.2. The van der Waals surface area contributed by atoms with Crippen LogP contribution in [0.5, 0.6) is 5.75 Å². The van der Waals surface area contributed by atoms with Crippen molar-refractivity contribution in [1.29, 1.82) is 0 Å². The molecule has 4 heterocycles. The van der Waals surface area contributed by atoms with Crippen LogP contribution in [-0.2, 0) is 11.3 Å². The zero-order valence-electron chi connectivity index (χ0n) is 13.2. The predicted molar refractivity (Wildman–Crippen MR) is 85.5 cm³/mol. The lowest BCUT2D eigenvalue weighted by Gasteiger charge is -2.38. The second kappa shape index (κ2) is 5.62. The molecular formula is C17H21N3O3. The number of methoxy groups -OCH3 is 1. The highest BCUT2D eigenvalue weighted by Crippen LogP contribution is 2.37. The van der Waals surface area contributed by atoms with Gasteiger partial charge in [-0.1, -0.05) is 0 Å². The van der Waals surface area contributed by atoms with Crippen LogP contribution in [0.25, 0.3) is 5.65 Å². The Bertz CT molecular complexity index is 774. The van der Waals surface area contributed by atoms with Crippen molar-refractivity contribution >= 4 is 5.65 Å². The highest BCUT2D eigenvalue weighted by atomic mass is 16.5. The number of piperidine rings is 1. The Labute approximate surface area is 134 Å². The molecule has 0 radical (unpaired) electrons. The van der Waals surface area contributed by atoms with E-state index in [9.17, 15) is 9.90 Å². The molecule has 0 spiro atoms. The average Bonchev–Trinajstić information content (AvgIpc) is 2.78. The second-order valence-electron chi connectivity index (χ2n) is 6.56. The molecule has 2 aromatic heterocycles. The van der Waals surface area contributed by atoms with Gasteiger partial charge in [0.15, 0.2) is 11.4 Å². The number of pyridine rings is 1. The molecule has 1 N–H and O–H groups in total. The molecule has 2 aliphatic rings. The van der Waals surface area contributed by atoms with Crippen LogP contribution in [-0.4, -0.2) is 44.7 Å². The van der Waals surface area contributed by atoms with Gasteiger partial charge in [-0.25, -0.2) is 4.98 Å². The van der Waals surface area contributed by atoms with E-state index in [0.29, 0.717) is 30.4 Å². The van der Waals surface area contributed by atoms with Crippen LogP contribution >= 0.6 is 0 Å². The molecule has 2 aliphatic heterocycles. The molecule has 122 valence electrons. The maximum absolute atomic E-state index is 12.2. The molecule has 2 bridgehead atoms. The summed E-state index contributed by atoms with van der Waals surface area (Å²) < 4.78 is 6.91. The van der Waals surface area contributed by atoms with Crippen LogP contribution < -0.4 is 5.56 Å². The van der Waals surface area contributed by atoms with Crippen LogP contribution in [0.3, 0.4) is 0 Å². The van der Waals surface area contributed by atoms with Gasteiger partial charge in [-0.15, -0.1) is 0 Å². The van der Waals surface area contributed by atoms with E-state index in [-0.39, 0.29) is 11.3 Å². The maximum Gasteiger partial charge on any atom is 0.258 e. The number of aromatic hydroxyl groups is 1. The zero-order valence-corrected chi connectivity index (χ0v) is 13.2. The number of hydrogen-bond acceptors (Lipinski definition) is 5. The summed E-state index contributed by atoms with van der Waals surface area (Å²) in [6, 6.07) is 5.78. The lowest BCUT2D eigenvalue weighted by atomic mass is 9.99. The normalized spacial score (nSPS) is 27.6. The third-order valence-electron chi connectivity index (χ3n) is 5.24. The second-order valence-corrected chi connectivity index (χ2v) is 6.56. The Hall–Kier alpha value is -1.92. The Morgan fingerprint density at radius 1 is 1.35 bits per heavy atom. The minimum absolute atomic E-state index is 0.0347.